The molecule has 4 heteroatoms. The van der Waals surface area contributed by atoms with E-state index in [9.17, 15) is 0 Å². The summed E-state index contributed by atoms with van der Waals surface area (Å²) in [5.74, 6) is 1.64. The third kappa shape index (κ3) is 2.52. The maximum atomic E-state index is 5.52. The highest BCUT2D eigenvalue weighted by Gasteiger charge is 2.17. The number of nitrogens with zero attached hydrogens (tertiary/aromatic N) is 1. The van der Waals surface area contributed by atoms with E-state index >= 15 is 0 Å². The second kappa shape index (κ2) is 4.99. The minimum Gasteiger partial charge on any atom is -0.497 e. The molecule has 0 saturated heterocycles. The zero-order chi connectivity index (χ0) is 11.4. The van der Waals surface area contributed by atoms with Crippen LogP contribution in [0.1, 0.15) is 5.56 Å². The number of nitrogens with two attached hydrogens (primary N) is 1. The van der Waals surface area contributed by atoms with Crippen LogP contribution in [0, 0.1) is 0 Å². The van der Waals surface area contributed by atoms with Gasteiger partial charge in [0.05, 0.1) is 13.2 Å². The summed E-state index contributed by atoms with van der Waals surface area (Å²) in [4.78, 5) is 4.38. The molecule has 1 atom stereocenters. The zero-order valence-corrected chi connectivity index (χ0v) is 9.35. The summed E-state index contributed by atoms with van der Waals surface area (Å²) in [6.45, 7) is 1.16. The van der Waals surface area contributed by atoms with E-state index in [2.05, 4.69) is 4.99 Å². The Balaban J connectivity index is 1.99. The normalized spacial score (nSPS) is 19.1. The molecule has 0 saturated carbocycles. The summed E-state index contributed by atoms with van der Waals surface area (Å²) in [5.41, 5.74) is 6.69. The van der Waals surface area contributed by atoms with Crippen molar-refractivity contribution in [2.75, 3.05) is 20.3 Å². The van der Waals surface area contributed by atoms with Gasteiger partial charge in [-0.05, 0) is 17.7 Å². The molecule has 0 radical (unpaired) electrons. The fraction of sp³-hybridized carbons (Fsp3) is 0.417. The fourth-order valence-corrected chi connectivity index (χ4v) is 1.61. The molecule has 0 spiro atoms. The maximum Gasteiger partial charge on any atom is 0.188 e. The van der Waals surface area contributed by atoms with E-state index in [0.29, 0.717) is 13.2 Å². The first-order valence-electron chi connectivity index (χ1n) is 5.34. The van der Waals surface area contributed by atoms with E-state index in [0.717, 1.165) is 23.6 Å². The quantitative estimate of drug-likeness (QED) is 0.823. The molecule has 1 aliphatic heterocycles. The van der Waals surface area contributed by atoms with Crippen molar-refractivity contribution < 1.29 is 9.47 Å². The Kier molecular flexibility index (Phi) is 3.41. The van der Waals surface area contributed by atoms with Crippen molar-refractivity contribution >= 4 is 5.90 Å². The van der Waals surface area contributed by atoms with Gasteiger partial charge in [0.15, 0.2) is 5.90 Å². The lowest BCUT2D eigenvalue weighted by Crippen LogP contribution is -2.18. The van der Waals surface area contributed by atoms with E-state index in [4.69, 9.17) is 15.2 Å². The molecule has 86 valence electrons. The summed E-state index contributed by atoms with van der Waals surface area (Å²) in [5, 5.41) is 0. The molecular weight excluding hydrogens is 204 g/mol. The summed E-state index contributed by atoms with van der Waals surface area (Å²) in [6.07, 6.45) is 0.723. The third-order valence-electron chi connectivity index (χ3n) is 2.56. The molecule has 4 nitrogen and oxygen atoms in total. The van der Waals surface area contributed by atoms with Gasteiger partial charge in [-0.15, -0.1) is 0 Å². The third-order valence-corrected chi connectivity index (χ3v) is 2.56. The van der Waals surface area contributed by atoms with E-state index in [1.165, 1.54) is 0 Å². The first-order valence-corrected chi connectivity index (χ1v) is 5.34. The summed E-state index contributed by atoms with van der Waals surface area (Å²) in [6, 6.07) is 8.03. The van der Waals surface area contributed by atoms with Gasteiger partial charge in [-0.1, -0.05) is 12.1 Å². The molecule has 0 aromatic heterocycles. The SMILES string of the molecule is COc1ccc(CC2=NC(CN)CO2)cc1. The van der Waals surface area contributed by atoms with Crippen molar-refractivity contribution in [1.29, 1.82) is 0 Å². The maximum absolute atomic E-state index is 5.52. The van der Waals surface area contributed by atoms with Crippen LogP contribution in [0.2, 0.25) is 0 Å². The highest BCUT2D eigenvalue weighted by molar-refractivity contribution is 5.80. The topological polar surface area (TPSA) is 56.8 Å². The van der Waals surface area contributed by atoms with Crippen LogP contribution in [0.15, 0.2) is 29.3 Å². The lowest BCUT2D eigenvalue weighted by atomic mass is 10.1. The van der Waals surface area contributed by atoms with E-state index in [1.54, 1.807) is 7.11 Å². The summed E-state index contributed by atoms with van der Waals surface area (Å²) >= 11 is 0. The Morgan fingerprint density at radius 3 is 2.75 bits per heavy atom. The molecule has 1 unspecified atom stereocenters. The lowest BCUT2D eigenvalue weighted by molar-refractivity contribution is 0.313. The van der Waals surface area contributed by atoms with Crippen LogP contribution >= 0.6 is 0 Å². The number of hydrogen-bond donors (Lipinski definition) is 1. The Labute approximate surface area is 95.1 Å². The van der Waals surface area contributed by atoms with Gasteiger partial charge in [-0.25, -0.2) is 4.99 Å². The Bertz CT molecular complexity index is 373. The zero-order valence-electron chi connectivity index (χ0n) is 9.35. The molecular formula is C12H16N2O2. The molecule has 1 aliphatic rings. The van der Waals surface area contributed by atoms with E-state index < -0.39 is 0 Å². The van der Waals surface area contributed by atoms with Gasteiger partial charge in [-0.3, -0.25) is 0 Å². The number of ether oxygens (including phenoxy) is 2. The molecule has 0 fully saturated rings. The standard InChI is InChI=1S/C12H16N2O2/c1-15-11-4-2-9(3-5-11)6-12-14-10(7-13)8-16-12/h2-5,10H,6-8,13H2,1H3. The molecule has 1 heterocycles. The first-order chi connectivity index (χ1) is 7.81. The average Bonchev–Trinajstić information content (AvgIpc) is 2.78. The molecule has 1 aromatic rings. The van der Waals surface area contributed by atoms with Crippen LogP contribution < -0.4 is 10.5 Å². The van der Waals surface area contributed by atoms with Gasteiger partial charge in [0, 0.05) is 13.0 Å². The Morgan fingerprint density at radius 1 is 1.44 bits per heavy atom. The van der Waals surface area contributed by atoms with Crippen LogP contribution in [0.3, 0.4) is 0 Å². The van der Waals surface area contributed by atoms with Crippen LogP contribution in [0.4, 0.5) is 0 Å². The number of rotatable bonds is 4. The van der Waals surface area contributed by atoms with Gasteiger partial charge in [0.25, 0.3) is 0 Å². The van der Waals surface area contributed by atoms with Gasteiger partial charge in [0.1, 0.15) is 12.4 Å². The van der Waals surface area contributed by atoms with Crippen LogP contribution in [-0.2, 0) is 11.2 Å². The van der Waals surface area contributed by atoms with Crippen molar-refractivity contribution in [2.24, 2.45) is 10.7 Å². The number of hydrogen-bond acceptors (Lipinski definition) is 4. The minimum absolute atomic E-state index is 0.133. The number of methoxy groups -OCH3 is 1. The molecule has 1 aromatic carbocycles. The molecule has 16 heavy (non-hydrogen) atoms. The monoisotopic (exact) mass is 220 g/mol. The Hall–Kier alpha value is -1.55. The van der Waals surface area contributed by atoms with Crippen LogP contribution in [-0.4, -0.2) is 32.2 Å². The largest absolute Gasteiger partial charge is 0.497 e. The predicted octanol–water partition coefficient (Wildman–Crippen LogP) is 0.994. The number of aliphatic imine (C=N–C) groups is 1. The molecule has 2 rings (SSSR count). The van der Waals surface area contributed by atoms with Gasteiger partial charge in [-0.2, -0.15) is 0 Å². The summed E-state index contributed by atoms with van der Waals surface area (Å²) < 4.78 is 10.6. The molecule has 0 bridgehead atoms. The smallest absolute Gasteiger partial charge is 0.188 e. The van der Waals surface area contributed by atoms with Crippen molar-refractivity contribution in [3.8, 4) is 5.75 Å². The molecule has 0 amide bonds. The highest BCUT2D eigenvalue weighted by Crippen LogP contribution is 2.14. The van der Waals surface area contributed by atoms with Gasteiger partial charge in [0.2, 0.25) is 0 Å². The number of benzene rings is 1. The van der Waals surface area contributed by atoms with Crippen molar-refractivity contribution in [3.63, 3.8) is 0 Å². The van der Waals surface area contributed by atoms with Crippen LogP contribution in [0.25, 0.3) is 0 Å². The van der Waals surface area contributed by atoms with E-state index in [-0.39, 0.29) is 6.04 Å². The second-order valence-electron chi connectivity index (χ2n) is 3.75. The minimum atomic E-state index is 0.133. The van der Waals surface area contributed by atoms with Crippen molar-refractivity contribution in [2.45, 2.75) is 12.5 Å². The fourth-order valence-electron chi connectivity index (χ4n) is 1.61. The van der Waals surface area contributed by atoms with Crippen molar-refractivity contribution in [1.82, 2.24) is 0 Å². The molecule has 0 aliphatic carbocycles. The lowest BCUT2D eigenvalue weighted by Gasteiger charge is -2.03. The van der Waals surface area contributed by atoms with Gasteiger partial charge < -0.3 is 15.2 Å². The Morgan fingerprint density at radius 2 is 2.19 bits per heavy atom. The predicted molar refractivity (Wildman–Crippen MR) is 62.9 cm³/mol. The van der Waals surface area contributed by atoms with Crippen molar-refractivity contribution in [3.05, 3.63) is 29.8 Å². The first kappa shape index (κ1) is 11.0. The van der Waals surface area contributed by atoms with Gasteiger partial charge >= 0.3 is 0 Å². The molecule has 2 N–H and O–H groups in total. The highest BCUT2D eigenvalue weighted by atomic mass is 16.5. The van der Waals surface area contributed by atoms with E-state index in [1.807, 2.05) is 24.3 Å². The second-order valence-corrected chi connectivity index (χ2v) is 3.75. The average molecular weight is 220 g/mol. The van der Waals surface area contributed by atoms with Crippen LogP contribution in [0.5, 0.6) is 5.75 Å². The summed E-state index contributed by atoms with van der Waals surface area (Å²) in [7, 11) is 1.66.